The predicted octanol–water partition coefficient (Wildman–Crippen LogP) is 2.55. The molecular formula is C13H10F3NO2. The van der Waals surface area contributed by atoms with E-state index >= 15 is 0 Å². The quantitative estimate of drug-likeness (QED) is 0.880. The molecule has 0 aliphatic heterocycles. The molecule has 0 unspecified atom stereocenters. The summed E-state index contributed by atoms with van der Waals surface area (Å²) in [6, 6.07) is 6.17. The number of benzene rings is 1. The van der Waals surface area contributed by atoms with E-state index in [2.05, 4.69) is 4.98 Å². The fourth-order valence-corrected chi connectivity index (χ4v) is 1.89. The van der Waals surface area contributed by atoms with E-state index < -0.39 is 23.9 Å². The number of aromatic nitrogens is 1. The zero-order valence-electron chi connectivity index (χ0n) is 9.66. The van der Waals surface area contributed by atoms with Crippen molar-refractivity contribution in [1.82, 2.24) is 4.98 Å². The smallest absolute Gasteiger partial charge is 0.392 e. The monoisotopic (exact) mass is 269 g/mol. The molecule has 6 heteroatoms. The van der Waals surface area contributed by atoms with Crippen molar-refractivity contribution < 1.29 is 18.3 Å². The second-order valence-corrected chi connectivity index (χ2v) is 3.91. The molecule has 0 fully saturated rings. The van der Waals surface area contributed by atoms with E-state index in [0.717, 1.165) is 6.07 Å². The van der Waals surface area contributed by atoms with Gasteiger partial charge in [0.2, 0.25) is 0 Å². The Morgan fingerprint density at radius 1 is 1.16 bits per heavy atom. The molecule has 0 bridgehead atoms. The van der Waals surface area contributed by atoms with Gasteiger partial charge < -0.3 is 10.1 Å². The lowest BCUT2D eigenvalue weighted by atomic mass is 9.97. The molecule has 1 aromatic carbocycles. The van der Waals surface area contributed by atoms with Crippen molar-refractivity contribution in [2.45, 2.75) is 12.8 Å². The average molecular weight is 269 g/mol. The number of H-pyrrole nitrogens is 1. The predicted molar refractivity (Wildman–Crippen MR) is 63.4 cm³/mol. The van der Waals surface area contributed by atoms with Crippen molar-refractivity contribution in [1.29, 1.82) is 0 Å². The maximum atomic E-state index is 12.9. The third kappa shape index (κ3) is 2.53. The molecule has 2 aromatic rings. The Bertz CT molecular complexity index is 647. The van der Waals surface area contributed by atoms with E-state index in [0.29, 0.717) is 0 Å². The van der Waals surface area contributed by atoms with Gasteiger partial charge in [-0.05, 0) is 23.3 Å². The maximum Gasteiger partial charge on any atom is 0.417 e. The average Bonchev–Trinajstić information content (AvgIpc) is 2.37. The molecule has 2 N–H and O–H groups in total. The molecule has 0 amide bonds. The van der Waals surface area contributed by atoms with Crippen LogP contribution < -0.4 is 5.56 Å². The van der Waals surface area contributed by atoms with E-state index in [-0.39, 0.29) is 16.7 Å². The first-order valence-electron chi connectivity index (χ1n) is 5.43. The molecule has 1 aromatic heterocycles. The van der Waals surface area contributed by atoms with Crippen LogP contribution in [-0.4, -0.2) is 10.1 Å². The number of aliphatic hydroxyl groups excluding tert-OH is 1. The van der Waals surface area contributed by atoms with Crippen molar-refractivity contribution in [3.63, 3.8) is 0 Å². The number of aliphatic hydroxyl groups is 1. The summed E-state index contributed by atoms with van der Waals surface area (Å²) in [5.74, 6) is 0. The minimum atomic E-state index is -4.56. The summed E-state index contributed by atoms with van der Waals surface area (Å²) >= 11 is 0. The van der Waals surface area contributed by atoms with Crippen LogP contribution >= 0.6 is 0 Å². The first-order chi connectivity index (χ1) is 8.95. The largest absolute Gasteiger partial charge is 0.417 e. The van der Waals surface area contributed by atoms with Crippen molar-refractivity contribution in [3.8, 4) is 11.1 Å². The van der Waals surface area contributed by atoms with Gasteiger partial charge >= 0.3 is 6.18 Å². The van der Waals surface area contributed by atoms with Gasteiger partial charge in [0.25, 0.3) is 5.56 Å². The lowest BCUT2D eigenvalue weighted by Crippen LogP contribution is -2.15. The Kier molecular flexibility index (Phi) is 3.44. The van der Waals surface area contributed by atoms with E-state index in [1.54, 1.807) is 0 Å². The number of hydrogen-bond donors (Lipinski definition) is 2. The Morgan fingerprint density at radius 2 is 1.84 bits per heavy atom. The number of alkyl halides is 3. The van der Waals surface area contributed by atoms with Crippen LogP contribution in [-0.2, 0) is 12.8 Å². The van der Waals surface area contributed by atoms with Crippen LogP contribution in [0.5, 0.6) is 0 Å². The molecule has 100 valence electrons. The number of halogens is 3. The van der Waals surface area contributed by atoms with Gasteiger partial charge in [0.15, 0.2) is 0 Å². The van der Waals surface area contributed by atoms with Gasteiger partial charge in [0, 0.05) is 6.20 Å². The molecule has 0 aliphatic carbocycles. The van der Waals surface area contributed by atoms with E-state index in [4.69, 9.17) is 5.11 Å². The zero-order valence-corrected chi connectivity index (χ0v) is 9.66. The van der Waals surface area contributed by atoms with Crippen LogP contribution in [0.15, 0.2) is 41.3 Å². The van der Waals surface area contributed by atoms with E-state index in [1.807, 2.05) is 0 Å². The molecule has 1 heterocycles. The molecule has 19 heavy (non-hydrogen) atoms. The van der Waals surface area contributed by atoms with Gasteiger partial charge in [-0.2, -0.15) is 13.2 Å². The van der Waals surface area contributed by atoms with Gasteiger partial charge in [-0.1, -0.05) is 18.2 Å². The maximum absolute atomic E-state index is 12.9. The van der Waals surface area contributed by atoms with Crippen LogP contribution in [0.25, 0.3) is 11.1 Å². The second kappa shape index (κ2) is 4.89. The highest BCUT2D eigenvalue weighted by Crippen LogP contribution is 2.36. The van der Waals surface area contributed by atoms with Gasteiger partial charge in [0.05, 0.1) is 17.7 Å². The van der Waals surface area contributed by atoms with Gasteiger partial charge in [-0.3, -0.25) is 4.79 Å². The number of nitrogens with one attached hydrogen (secondary N) is 1. The Balaban J connectivity index is 2.77. The molecule has 3 nitrogen and oxygen atoms in total. The highest BCUT2D eigenvalue weighted by molar-refractivity contribution is 5.70. The fraction of sp³-hybridized carbons (Fsp3) is 0.154. The van der Waals surface area contributed by atoms with Crippen molar-refractivity contribution >= 4 is 0 Å². The standard InChI is InChI=1S/C13H10F3NO2/c14-13(15,16)10-4-2-1-3-9(10)11-8(7-18)5-6-17-12(11)19/h1-6,18H,7H2,(H,17,19). The SMILES string of the molecule is O=c1[nH]ccc(CO)c1-c1ccccc1C(F)(F)F. The summed E-state index contributed by atoms with van der Waals surface area (Å²) < 4.78 is 38.8. The number of pyridine rings is 1. The van der Waals surface area contributed by atoms with Crippen LogP contribution in [0.4, 0.5) is 13.2 Å². The van der Waals surface area contributed by atoms with E-state index in [9.17, 15) is 18.0 Å². The molecule has 0 atom stereocenters. The summed E-state index contributed by atoms with van der Waals surface area (Å²) in [5, 5.41) is 9.16. The number of aromatic amines is 1. The third-order valence-electron chi connectivity index (χ3n) is 2.72. The van der Waals surface area contributed by atoms with E-state index in [1.165, 1.54) is 30.5 Å². The summed E-state index contributed by atoms with van der Waals surface area (Å²) in [7, 11) is 0. The topological polar surface area (TPSA) is 53.1 Å². The summed E-state index contributed by atoms with van der Waals surface area (Å²) in [5.41, 5.74) is -1.80. The fourth-order valence-electron chi connectivity index (χ4n) is 1.89. The molecule has 0 saturated heterocycles. The molecule has 0 aliphatic rings. The van der Waals surface area contributed by atoms with Crippen LogP contribution in [0.3, 0.4) is 0 Å². The minimum Gasteiger partial charge on any atom is -0.392 e. The minimum absolute atomic E-state index is 0.153. The first kappa shape index (κ1) is 13.4. The van der Waals surface area contributed by atoms with Crippen molar-refractivity contribution in [2.24, 2.45) is 0 Å². The highest BCUT2D eigenvalue weighted by Gasteiger charge is 2.34. The van der Waals surface area contributed by atoms with Gasteiger partial charge in [0.1, 0.15) is 0 Å². The van der Waals surface area contributed by atoms with Crippen molar-refractivity contribution in [3.05, 3.63) is 58.0 Å². The molecule has 0 saturated carbocycles. The molecule has 0 spiro atoms. The van der Waals surface area contributed by atoms with Crippen LogP contribution in [0.2, 0.25) is 0 Å². The third-order valence-corrected chi connectivity index (χ3v) is 2.72. The molecule has 0 radical (unpaired) electrons. The van der Waals surface area contributed by atoms with Gasteiger partial charge in [-0.25, -0.2) is 0 Å². The summed E-state index contributed by atoms with van der Waals surface area (Å²) in [4.78, 5) is 14.1. The second-order valence-electron chi connectivity index (χ2n) is 3.91. The highest BCUT2D eigenvalue weighted by atomic mass is 19.4. The normalized spacial score (nSPS) is 11.6. The van der Waals surface area contributed by atoms with Crippen LogP contribution in [0, 0.1) is 0 Å². The number of rotatable bonds is 2. The Labute approximate surface area is 106 Å². The molecular weight excluding hydrogens is 259 g/mol. The Morgan fingerprint density at radius 3 is 2.47 bits per heavy atom. The lowest BCUT2D eigenvalue weighted by Gasteiger charge is -2.14. The summed E-state index contributed by atoms with van der Waals surface area (Å²) in [6.07, 6.45) is -3.28. The van der Waals surface area contributed by atoms with Gasteiger partial charge in [-0.15, -0.1) is 0 Å². The van der Waals surface area contributed by atoms with Crippen molar-refractivity contribution in [2.75, 3.05) is 0 Å². The zero-order chi connectivity index (χ0) is 14.0. The van der Waals surface area contributed by atoms with Crippen LogP contribution in [0.1, 0.15) is 11.1 Å². The number of hydrogen-bond acceptors (Lipinski definition) is 2. The molecule has 2 rings (SSSR count). The first-order valence-corrected chi connectivity index (χ1v) is 5.43. The summed E-state index contributed by atoms with van der Waals surface area (Å²) in [6.45, 7) is -0.508. The lowest BCUT2D eigenvalue weighted by molar-refractivity contribution is -0.137. The Hall–Kier alpha value is -2.08.